The van der Waals surface area contributed by atoms with E-state index in [0.29, 0.717) is 12.8 Å². The third kappa shape index (κ3) is 2.64. The SMILES string of the molecule is Cc1ccc(NC2CCC(=O)NC2=O)c(C)c1. The summed E-state index contributed by atoms with van der Waals surface area (Å²) in [6.45, 7) is 4.03. The summed E-state index contributed by atoms with van der Waals surface area (Å²) in [7, 11) is 0. The largest absolute Gasteiger partial charge is 0.373 e. The van der Waals surface area contributed by atoms with Crippen molar-refractivity contribution >= 4 is 17.5 Å². The van der Waals surface area contributed by atoms with Crippen LogP contribution in [0.3, 0.4) is 0 Å². The molecule has 0 spiro atoms. The smallest absolute Gasteiger partial charge is 0.249 e. The van der Waals surface area contributed by atoms with E-state index in [-0.39, 0.29) is 17.9 Å². The van der Waals surface area contributed by atoms with E-state index in [2.05, 4.69) is 16.7 Å². The van der Waals surface area contributed by atoms with Gasteiger partial charge in [0.25, 0.3) is 0 Å². The van der Waals surface area contributed by atoms with Crippen molar-refractivity contribution in [2.45, 2.75) is 32.7 Å². The molecule has 1 aromatic rings. The molecule has 2 N–H and O–H groups in total. The zero-order chi connectivity index (χ0) is 12.4. The lowest BCUT2D eigenvalue weighted by molar-refractivity contribution is -0.133. The summed E-state index contributed by atoms with van der Waals surface area (Å²) in [6, 6.07) is 5.72. The Morgan fingerprint density at radius 2 is 2.06 bits per heavy atom. The molecule has 1 heterocycles. The van der Waals surface area contributed by atoms with Crippen molar-refractivity contribution in [3.05, 3.63) is 29.3 Å². The minimum absolute atomic E-state index is 0.186. The van der Waals surface area contributed by atoms with Gasteiger partial charge in [-0.1, -0.05) is 17.7 Å². The molecule has 0 aliphatic carbocycles. The monoisotopic (exact) mass is 232 g/mol. The van der Waals surface area contributed by atoms with Gasteiger partial charge in [0.1, 0.15) is 6.04 Å². The number of carbonyl (C=O) groups excluding carboxylic acids is 2. The molecule has 1 saturated heterocycles. The highest BCUT2D eigenvalue weighted by atomic mass is 16.2. The third-order valence-electron chi connectivity index (χ3n) is 2.95. The van der Waals surface area contributed by atoms with Crippen LogP contribution in [-0.2, 0) is 9.59 Å². The number of carbonyl (C=O) groups is 2. The Hall–Kier alpha value is -1.84. The van der Waals surface area contributed by atoms with Crippen LogP contribution in [0.15, 0.2) is 18.2 Å². The van der Waals surface area contributed by atoms with Crippen molar-refractivity contribution in [1.29, 1.82) is 0 Å². The van der Waals surface area contributed by atoms with E-state index in [1.807, 2.05) is 26.0 Å². The van der Waals surface area contributed by atoms with Crippen molar-refractivity contribution in [1.82, 2.24) is 5.32 Å². The van der Waals surface area contributed by atoms with Gasteiger partial charge in [0.05, 0.1) is 0 Å². The van der Waals surface area contributed by atoms with Crippen molar-refractivity contribution in [3.63, 3.8) is 0 Å². The Kier molecular flexibility index (Phi) is 3.13. The molecule has 0 radical (unpaired) electrons. The van der Waals surface area contributed by atoms with Gasteiger partial charge in [-0.2, -0.15) is 0 Å². The number of piperidine rings is 1. The Bertz CT molecular complexity index is 468. The van der Waals surface area contributed by atoms with Crippen LogP contribution in [0.1, 0.15) is 24.0 Å². The summed E-state index contributed by atoms with van der Waals surface area (Å²) in [5.41, 5.74) is 3.25. The molecule has 1 unspecified atom stereocenters. The van der Waals surface area contributed by atoms with Crippen molar-refractivity contribution < 1.29 is 9.59 Å². The Labute approximate surface area is 100 Å². The first kappa shape index (κ1) is 11.6. The topological polar surface area (TPSA) is 58.2 Å². The van der Waals surface area contributed by atoms with E-state index in [0.717, 1.165) is 11.3 Å². The fraction of sp³-hybridized carbons (Fsp3) is 0.385. The van der Waals surface area contributed by atoms with Crippen LogP contribution >= 0.6 is 0 Å². The number of imide groups is 1. The van der Waals surface area contributed by atoms with Gasteiger partial charge >= 0.3 is 0 Å². The maximum Gasteiger partial charge on any atom is 0.249 e. The number of benzene rings is 1. The first-order valence-corrected chi connectivity index (χ1v) is 5.74. The minimum atomic E-state index is -0.311. The average Bonchev–Trinajstić information content (AvgIpc) is 2.25. The average molecular weight is 232 g/mol. The quantitative estimate of drug-likeness (QED) is 0.760. The molecule has 0 bridgehead atoms. The van der Waals surface area contributed by atoms with Gasteiger partial charge in [-0.15, -0.1) is 0 Å². The standard InChI is InChI=1S/C13H16N2O2/c1-8-3-4-10(9(2)7-8)14-11-5-6-12(16)15-13(11)17/h3-4,7,11,14H,5-6H2,1-2H3,(H,15,16,17). The fourth-order valence-corrected chi connectivity index (χ4v) is 1.99. The second-order valence-corrected chi connectivity index (χ2v) is 4.47. The van der Waals surface area contributed by atoms with E-state index < -0.39 is 0 Å². The van der Waals surface area contributed by atoms with Crippen molar-refractivity contribution in [3.8, 4) is 0 Å². The summed E-state index contributed by atoms with van der Waals surface area (Å²) < 4.78 is 0. The highest BCUT2D eigenvalue weighted by Gasteiger charge is 2.26. The summed E-state index contributed by atoms with van der Waals surface area (Å²) in [4.78, 5) is 22.6. The van der Waals surface area contributed by atoms with Crippen LogP contribution < -0.4 is 10.6 Å². The maximum absolute atomic E-state index is 11.6. The van der Waals surface area contributed by atoms with Crippen LogP contribution in [-0.4, -0.2) is 17.9 Å². The normalized spacial score (nSPS) is 20.0. The molecule has 1 atom stereocenters. The third-order valence-corrected chi connectivity index (χ3v) is 2.95. The number of rotatable bonds is 2. The van der Waals surface area contributed by atoms with Gasteiger partial charge in [0.2, 0.25) is 11.8 Å². The summed E-state index contributed by atoms with van der Waals surface area (Å²) in [6.07, 6.45) is 0.951. The Morgan fingerprint density at radius 3 is 2.71 bits per heavy atom. The summed E-state index contributed by atoms with van der Waals surface area (Å²) in [5, 5.41) is 5.52. The summed E-state index contributed by atoms with van der Waals surface area (Å²) >= 11 is 0. The second-order valence-electron chi connectivity index (χ2n) is 4.47. The fourth-order valence-electron chi connectivity index (χ4n) is 1.99. The molecule has 1 aliphatic rings. The Balaban J connectivity index is 2.10. The van der Waals surface area contributed by atoms with Crippen LogP contribution in [0.2, 0.25) is 0 Å². The molecular weight excluding hydrogens is 216 g/mol. The van der Waals surface area contributed by atoms with Gasteiger partial charge in [-0.25, -0.2) is 0 Å². The van der Waals surface area contributed by atoms with Crippen LogP contribution in [0.4, 0.5) is 5.69 Å². The zero-order valence-electron chi connectivity index (χ0n) is 10.0. The first-order valence-electron chi connectivity index (χ1n) is 5.74. The zero-order valence-corrected chi connectivity index (χ0v) is 10.0. The highest BCUT2D eigenvalue weighted by Crippen LogP contribution is 2.19. The molecule has 1 aliphatic heterocycles. The molecule has 0 saturated carbocycles. The molecule has 1 aromatic carbocycles. The molecule has 2 amide bonds. The number of hydrogen-bond donors (Lipinski definition) is 2. The number of anilines is 1. The van der Waals surface area contributed by atoms with E-state index in [9.17, 15) is 9.59 Å². The van der Waals surface area contributed by atoms with Crippen molar-refractivity contribution in [2.75, 3.05) is 5.32 Å². The van der Waals surface area contributed by atoms with Crippen LogP contribution in [0.25, 0.3) is 0 Å². The number of aryl methyl sites for hydroxylation is 2. The van der Waals surface area contributed by atoms with Gasteiger partial charge in [0, 0.05) is 12.1 Å². The lowest BCUT2D eigenvalue weighted by Crippen LogP contribution is -2.47. The van der Waals surface area contributed by atoms with Gasteiger partial charge in [-0.05, 0) is 31.9 Å². The van der Waals surface area contributed by atoms with Gasteiger partial charge in [-0.3, -0.25) is 14.9 Å². The molecule has 0 aromatic heterocycles. The predicted octanol–water partition coefficient (Wildman–Crippen LogP) is 1.52. The van der Waals surface area contributed by atoms with Gasteiger partial charge < -0.3 is 5.32 Å². The predicted molar refractivity (Wildman–Crippen MR) is 65.7 cm³/mol. The van der Waals surface area contributed by atoms with E-state index >= 15 is 0 Å². The van der Waals surface area contributed by atoms with E-state index in [4.69, 9.17) is 0 Å². The van der Waals surface area contributed by atoms with Crippen LogP contribution in [0, 0.1) is 13.8 Å². The van der Waals surface area contributed by atoms with Gasteiger partial charge in [0.15, 0.2) is 0 Å². The molecule has 4 heteroatoms. The molecule has 1 fully saturated rings. The highest BCUT2D eigenvalue weighted by molar-refractivity contribution is 6.01. The van der Waals surface area contributed by atoms with E-state index in [1.54, 1.807) is 0 Å². The first-order chi connectivity index (χ1) is 8.06. The van der Waals surface area contributed by atoms with E-state index in [1.165, 1.54) is 5.56 Å². The number of hydrogen-bond acceptors (Lipinski definition) is 3. The van der Waals surface area contributed by atoms with Crippen LogP contribution in [0.5, 0.6) is 0 Å². The lowest BCUT2D eigenvalue weighted by Gasteiger charge is -2.23. The lowest BCUT2D eigenvalue weighted by atomic mass is 10.0. The molecule has 17 heavy (non-hydrogen) atoms. The number of amides is 2. The minimum Gasteiger partial charge on any atom is -0.373 e. The molecule has 4 nitrogen and oxygen atoms in total. The van der Waals surface area contributed by atoms with Crippen molar-refractivity contribution in [2.24, 2.45) is 0 Å². The second kappa shape index (κ2) is 4.57. The summed E-state index contributed by atoms with van der Waals surface area (Å²) in [5.74, 6) is -0.421. The Morgan fingerprint density at radius 1 is 1.29 bits per heavy atom. The number of nitrogens with one attached hydrogen (secondary N) is 2. The molecular formula is C13H16N2O2. The molecule has 90 valence electrons. The maximum atomic E-state index is 11.6. The molecule has 2 rings (SSSR count).